The van der Waals surface area contributed by atoms with Gasteiger partial charge in [-0.3, -0.25) is 4.57 Å². The summed E-state index contributed by atoms with van der Waals surface area (Å²) >= 11 is -1.37. The molecule has 2 aromatic carbocycles. The minimum Gasteiger partial charge on any atom is -0.604 e. The molecular formula is C23H18N2O4S. The minimum atomic E-state index is -1.37. The lowest BCUT2D eigenvalue weighted by Crippen LogP contribution is -1.99. The van der Waals surface area contributed by atoms with Crippen molar-refractivity contribution in [1.82, 2.24) is 9.55 Å². The molecule has 4 aromatic rings. The van der Waals surface area contributed by atoms with Gasteiger partial charge in [-0.2, -0.15) is 4.98 Å². The number of rotatable bonds is 3. The molecule has 0 saturated heterocycles. The number of aromatic nitrogens is 2. The van der Waals surface area contributed by atoms with Gasteiger partial charge in [0.2, 0.25) is 0 Å². The SMILES string of the molecule is Cc1ccc2nc3n(c2c1C)C/C(=C/c1ccc(-c2ccccc2C(=O)O)o1)[S+]3[O-]. The third kappa shape index (κ3) is 2.86. The van der Waals surface area contributed by atoms with Crippen LogP contribution in [0.3, 0.4) is 0 Å². The number of furan rings is 1. The molecule has 5 rings (SSSR count). The van der Waals surface area contributed by atoms with E-state index in [1.807, 2.05) is 16.7 Å². The first-order chi connectivity index (χ1) is 14.4. The summed E-state index contributed by atoms with van der Waals surface area (Å²) in [6.45, 7) is 4.58. The summed E-state index contributed by atoms with van der Waals surface area (Å²) in [6.07, 6.45) is 1.76. The van der Waals surface area contributed by atoms with E-state index in [4.69, 9.17) is 4.42 Å². The number of hydrogen-bond donors (Lipinski definition) is 1. The Morgan fingerprint density at radius 2 is 2.00 bits per heavy atom. The highest BCUT2D eigenvalue weighted by Gasteiger charge is 2.35. The summed E-state index contributed by atoms with van der Waals surface area (Å²) < 4.78 is 20.9. The Kier molecular flexibility index (Phi) is 4.30. The van der Waals surface area contributed by atoms with Crippen molar-refractivity contribution in [2.24, 2.45) is 0 Å². The number of nitrogens with zero attached hydrogens (tertiary/aromatic N) is 2. The molecule has 1 aliphatic rings. The maximum atomic E-state index is 13.0. The van der Waals surface area contributed by atoms with E-state index in [-0.39, 0.29) is 5.56 Å². The molecule has 1 aliphatic heterocycles. The summed E-state index contributed by atoms with van der Waals surface area (Å²) in [5.41, 5.74) is 4.85. The van der Waals surface area contributed by atoms with Gasteiger partial charge in [-0.1, -0.05) is 24.3 Å². The zero-order valence-electron chi connectivity index (χ0n) is 16.4. The van der Waals surface area contributed by atoms with Crippen LogP contribution >= 0.6 is 0 Å². The second-order valence-electron chi connectivity index (χ2n) is 7.29. The van der Waals surface area contributed by atoms with Crippen LogP contribution in [-0.2, 0) is 17.7 Å². The molecule has 0 bridgehead atoms. The molecule has 0 amide bonds. The van der Waals surface area contributed by atoms with E-state index in [9.17, 15) is 14.5 Å². The van der Waals surface area contributed by atoms with E-state index in [0.717, 1.165) is 16.6 Å². The number of hydrogen-bond acceptors (Lipinski definition) is 4. The lowest BCUT2D eigenvalue weighted by molar-refractivity contribution is 0.0697. The molecule has 1 N–H and O–H groups in total. The number of aromatic carboxylic acids is 1. The maximum absolute atomic E-state index is 13.0. The topological polar surface area (TPSA) is 91.3 Å². The minimum absolute atomic E-state index is 0.174. The van der Waals surface area contributed by atoms with Crippen molar-refractivity contribution in [2.45, 2.75) is 25.5 Å². The molecule has 3 heterocycles. The molecule has 0 saturated carbocycles. The van der Waals surface area contributed by atoms with E-state index in [1.165, 1.54) is 5.56 Å². The third-order valence-corrected chi connectivity index (χ3v) is 6.83. The summed E-state index contributed by atoms with van der Waals surface area (Å²) in [7, 11) is 0. The van der Waals surface area contributed by atoms with Crippen LogP contribution in [-0.4, -0.2) is 25.2 Å². The number of carboxylic acids is 1. The van der Waals surface area contributed by atoms with Crippen LogP contribution in [0.2, 0.25) is 0 Å². The second kappa shape index (κ2) is 6.90. The van der Waals surface area contributed by atoms with E-state index in [1.54, 1.807) is 42.5 Å². The van der Waals surface area contributed by atoms with Crippen LogP contribution in [0.5, 0.6) is 0 Å². The molecule has 0 fully saturated rings. The zero-order valence-corrected chi connectivity index (χ0v) is 17.2. The Morgan fingerprint density at radius 3 is 2.80 bits per heavy atom. The van der Waals surface area contributed by atoms with Crippen molar-refractivity contribution >= 4 is 34.3 Å². The number of carboxylic acid groups (broad SMARTS) is 1. The summed E-state index contributed by atoms with van der Waals surface area (Å²) in [5.74, 6) is -0.0310. The molecule has 0 spiro atoms. The van der Waals surface area contributed by atoms with Crippen LogP contribution in [0.4, 0.5) is 0 Å². The van der Waals surface area contributed by atoms with E-state index < -0.39 is 17.1 Å². The van der Waals surface area contributed by atoms with Crippen molar-refractivity contribution in [2.75, 3.05) is 0 Å². The molecule has 1 unspecified atom stereocenters. The van der Waals surface area contributed by atoms with Crippen molar-refractivity contribution in [3.8, 4) is 11.3 Å². The Labute approximate surface area is 175 Å². The Bertz CT molecular complexity index is 1350. The van der Waals surface area contributed by atoms with Crippen molar-refractivity contribution in [1.29, 1.82) is 0 Å². The second-order valence-corrected chi connectivity index (χ2v) is 8.71. The van der Waals surface area contributed by atoms with Gasteiger partial charge in [0, 0.05) is 11.6 Å². The first kappa shape index (κ1) is 18.7. The first-order valence-corrected chi connectivity index (χ1v) is 10.6. The van der Waals surface area contributed by atoms with Crippen LogP contribution in [0.1, 0.15) is 27.2 Å². The van der Waals surface area contributed by atoms with Gasteiger partial charge in [0.25, 0.3) is 0 Å². The molecule has 6 nitrogen and oxygen atoms in total. The van der Waals surface area contributed by atoms with Crippen LogP contribution in [0.25, 0.3) is 28.4 Å². The highest BCUT2D eigenvalue weighted by atomic mass is 32.2. The molecule has 1 atom stereocenters. The lowest BCUT2D eigenvalue weighted by atomic mass is 10.1. The van der Waals surface area contributed by atoms with Crippen LogP contribution in [0.15, 0.2) is 63.0 Å². The lowest BCUT2D eigenvalue weighted by Gasteiger charge is -2.04. The van der Waals surface area contributed by atoms with Gasteiger partial charge in [-0.05, 0) is 49.2 Å². The molecule has 0 radical (unpaired) electrons. The molecule has 30 heavy (non-hydrogen) atoms. The Morgan fingerprint density at radius 1 is 1.20 bits per heavy atom. The van der Waals surface area contributed by atoms with E-state index >= 15 is 0 Å². The fraction of sp³-hybridized carbons (Fsp3) is 0.130. The number of benzene rings is 2. The number of allylic oxidation sites excluding steroid dienone is 1. The standard InChI is InChI=1S/C23H18N2O4S/c1-13-7-9-19-21(14(13)2)25-12-16(30(28)23(25)24-19)11-15-8-10-20(29-15)17-5-3-4-6-18(17)22(26)27/h3-11H,12H2,1-2H3,(H,26,27)/b16-11-. The normalized spacial score (nSPS) is 17.0. The number of imidazole rings is 1. The van der Waals surface area contributed by atoms with Crippen LogP contribution < -0.4 is 0 Å². The van der Waals surface area contributed by atoms with Gasteiger partial charge in [0.05, 0.1) is 34.3 Å². The molecule has 7 heteroatoms. The van der Waals surface area contributed by atoms with Gasteiger partial charge in [0.15, 0.2) is 4.91 Å². The summed E-state index contributed by atoms with van der Waals surface area (Å²) in [5, 5.41) is 9.95. The summed E-state index contributed by atoms with van der Waals surface area (Å²) in [4.78, 5) is 16.8. The van der Waals surface area contributed by atoms with Gasteiger partial charge >= 0.3 is 11.1 Å². The van der Waals surface area contributed by atoms with Crippen molar-refractivity contribution < 1.29 is 18.9 Å². The number of fused-ring (bicyclic) bond motifs is 3. The average Bonchev–Trinajstić information content (AvgIpc) is 3.41. The Balaban J connectivity index is 1.51. The van der Waals surface area contributed by atoms with E-state index in [2.05, 4.69) is 18.8 Å². The fourth-order valence-electron chi connectivity index (χ4n) is 3.81. The third-order valence-electron chi connectivity index (χ3n) is 5.47. The summed E-state index contributed by atoms with van der Waals surface area (Å²) in [6, 6.07) is 14.2. The van der Waals surface area contributed by atoms with Crippen molar-refractivity contribution in [3.63, 3.8) is 0 Å². The van der Waals surface area contributed by atoms with Crippen molar-refractivity contribution in [3.05, 3.63) is 75.9 Å². The predicted octanol–water partition coefficient (Wildman–Crippen LogP) is 4.77. The van der Waals surface area contributed by atoms with Crippen LogP contribution in [0, 0.1) is 13.8 Å². The predicted molar refractivity (Wildman–Crippen MR) is 115 cm³/mol. The Hall–Kier alpha value is -3.29. The molecule has 0 aliphatic carbocycles. The van der Waals surface area contributed by atoms with Gasteiger partial charge in [-0.25, -0.2) is 4.79 Å². The number of aryl methyl sites for hydroxylation is 2. The first-order valence-electron chi connectivity index (χ1n) is 9.45. The smallest absolute Gasteiger partial charge is 0.336 e. The average molecular weight is 418 g/mol. The maximum Gasteiger partial charge on any atom is 0.336 e. The monoisotopic (exact) mass is 418 g/mol. The van der Waals surface area contributed by atoms with Gasteiger partial charge in [0.1, 0.15) is 11.5 Å². The fourth-order valence-corrected chi connectivity index (χ4v) is 5.06. The number of carbonyl (C=O) groups is 1. The van der Waals surface area contributed by atoms with Gasteiger partial charge in [-0.15, -0.1) is 0 Å². The zero-order chi connectivity index (χ0) is 21.0. The molecular weight excluding hydrogens is 400 g/mol. The molecule has 150 valence electrons. The largest absolute Gasteiger partial charge is 0.604 e. The van der Waals surface area contributed by atoms with Gasteiger partial charge < -0.3 is 14.1 Å². The van der Waals surface area contributed by atoms with E-state index in [0.29, 0.717) is 33.7 Å². The molecule has 2 aromatic heterocycles. The highest BCUT2D eigenvalue weighted by molar-refractivity contribution is 7.95. The highest BCUT2D eigenvalue weighted by Crippen LogP contribution is 2.36. The quantitative estimate of drug-likeness (QED) is 0.484.